The van der Waals surface area contributed by atoms with Crippen molar-refractivity contribution < 1.29 is 0 Å². The van der Waals surface area contributed by atoms with E-state index in [4.69, 9.17) is 0 Å². The van der Waals surface area contributed by atoms with Crippen LogP contribution in [0.1, 0.15) is 97.8 Å². The van der Waals surface area contributed by atoms with Gasteiger partial charge >= 0.3 is 162 Å². The molecular weight excluding hydrogens is 363 g/mol. The summed E-state index contributed by atoms with van der Waals surface area (Å²) >= 11 is -1.94. The summed E-state index contributed by atoms with van der Waals surface area (Å²) < 4.78 is 1.81. The van der Waals surface area contributed by atoms with Gasteiger partial charge in [-0.2, -0.15) is 0 Å². The molecule has 0 atom stereocenters. The van der Waals surface area contributed by atoms with E-state index < -0.39 is 13.6 Å². The van der Waals surface area contributed by atoms with Gasteiger partial charge in [0.1, 0.15) is 0 Å². The Morgan fingerprint density at radius 2 is 0.920 bits per heavy atom. The normalized spacial score (nSPS) is 12.4. The molecule has 0 heterocycles. The first kappa shape index (κ1) is 22.8. The molecule has 0 aliphatic heterocycles. The topological polar surface area (TPSA) is 0 Å². The van der Waals surface area contributed by atoms with Crippen molar-refractivity contribution in [2.24, 2.45) is 0 Å². The molecule has 0 fully saturated rings. The Bertz CT molecular complexity index is 367. The third-order valence-electron chi connectivity index (χ3n) is 5.91. The molecular formula is C24H45As. The summed E-state index contributed by atoms with van der Waals surface area (Å²) in [6.45, 7) is 7.00. The predicted octanol–water partition coefficient (Wildman–Crippen LogP) is 7.82. The van der Waals surface area contributed by atoms with E-state index in [1.807, 2.05) is 4.35 Å². The first-order chi connectivity index (χ1) is 12.3. The molecule has 146 valence electrons. The second kappa shape index (κ2) is 14.9. The van der Waals surface area contributed by atoms with E-state index >= 15 is 0 Å². The van der Waals surface area contributed by atoms with Gasteiger partial charge in [-0.1, -0.05) is 0 Å². The average Bonchev–Trinajstić information content (AvgIpc) is 2.66. The van der Waals surface area contributed by atoms with Crippen molar-refractivity contribution in [2.75, 3.05) is 0 Å². The summed E-state index contributed by atoms with van der Waals surface area (Å²) in [5.74, 6) is 0. The van der Waals surface area contributed by atoms with Gasteiger partial charge in [0.25, 0.3) is 0 Å². The standard InChI is InChI=1S/C24H45As/c1-4-7-10-16-21-25(22-17-11-8-5-2,23-18-12-9-6-3)24-19-14-13-15-20-24/h13-15,19-20,25H,4-12,16-18,21-23H2,1-3H3. The van der Waals surface area contributed by atoms with Gasteiger partial charge in [0.05, 0.1) is 0 Å². The minimum atomic E-state index is -1.94. The molecule has 0 amide bonds. The summed E-state index contributed by atoms with van der Waals surface area (Å²) in [5, 5.41) is 4.76. The number of benzene rings is 1. The molecule has 0 spiro atoms. The molecule has 0 saturated heterocycles. The first-order valence-corrected chi connectivity index (χ1v) is 16.8. The zero-order valence-corrected chi connectivity index (χ0v) is 19.6. The summed E-state index contributed by atoms with van der Waals surface area (Å²) in [5.41, 5.74) is 0. The Balaban J connectivity index is 2.82. The van der Waals surface area contributed by atoms with Crippen molar-refractivity contribution in [1.82, 2.24) is 0 Å². The predicted molar refractivity (Wildman–Crippen MR) is 120 cm³/mol. The minimum absolute atomic E-state index is 1.36. The molecule has 0 unspecified atom stereocenters. The first-order valence-electron chi connectivity index (χ1n) is 11.3. The molecule has 0 saturated carbocycles. The molecule has 0 bridgehead atoms. The SMILES string of the molecule is CCCCCC[AsH](CCCCCC)(CCCCCC)c1ccccc1. The maximum atomic E-state index is 2.50. The molecule has 1 aromatic carbocycles. The van der Waals surface area contributed by atoms with Gasteiger partial charge in [0, 0.05) is 0 Å². The van der Waals surface area contributed by atoms with Crippen LogP contribution in [-0.2, 0) is 0 Å². The fraction of sp³-hybridized carbons (Fsp3) is 0.750. The zero-order valence-electron chi connectivity index (χ0n) is 17.5. The Kier molecular flexibility index (Phi) is 13.6. The molecule has 0 radical (unpaired) electrons. The second-order valence-electron chi connectivity index (χ2n) is 8.08. The number of hydrogen-bond acceptors (Lipinski definition) is 0. The Labute approximate surface area is 161 Å². The summed E-state index contributed by atoms with van der Waals surface area (Å²) in [6, 6.07) is 11.8. The van der Waals surface area contributed by atoms with Crippen LogP contribution in [0.3, 0.4) is 0 Å². The van der Waals surface area contributed by atoms with Crippen molar-refractivity contribution in [3.8, 4) is 0 Å². The number of hydrogen-bond donors (Lipinski definition) is 0. The fourth-order valence-electron chi connectivity index (χ4n) is 4.27. The van der Waals surface area contributed by atoms with Crippen LogP contribution in [0.15, 0.2) is 30.3 Å². The molecule has 0 N–H and O–H groups in total. The fourth-order valence-corrected chi connectivity index (χ4v) is 15.4. The monoisotopic (exact) mass is 408 g/mol. The molecule has 0 aliphatic rings. The van der Waals surface area contributed by atoms with Crippen molar-refractivity contribution >= 4 is 17.9 Å². The van der Waals surface area contributed by atoms with E-state index in [1.165, 1.54) is 77.0 Å². The van der Waals surface area contributed by atoms with Gasteiger partial charge < -0.3 is 0 Å². The van der Waals surface area contributed by atoms with E-state index in [0.29, 0.717) is 0 Å². The van der Waals surface area contributed by atoms with Gasteiger partial charge in [0.15, 0.2) is 0 Å². The van der Waals surface area contributed by atoms with Gasteiger partial charge in [-0.25, -0.2) is 0 Å². The molecule has 1 heteroatoms. The van der Waals surface area contributed by atoms with Crippen LogP contribution in [0.2, 0.25) is 15.6 Å². The van der Waals surface area contributed by atoms with Crippen LogP contribution >= 0.6 is 0 Å². The van der Waals surface area contributed by atoms with Crippen molar-refractivity contribution in [1.29, 1.82) is 0 Å². The summed E-state index contributed by atoms with van der Waals surface area (Å²) in [4.78, 5) is 0. The van der Waals surface area contributed by atoms with E-state index in [9.17, 15) is 0 Å². The van der Waals surface area contributed by atoms with Crippen LogP contribution < -0.4 is 4.35 Å². The average molecular weight is 409 g/mol. The summed E-state index contributed by atoms with van der Waals surface area (Å²) in [6.07, 6.45) is 17.2. The number of rotatable bonds is 16. The number of unbranched alkanes of at least 4 members (excludes halogenated alkanes) is 9. The Morgan fingerprint density at radius 3 is 1.28 bits per heavy atom. The van der Waals surface area contributed by atoms with Gasteiger partial charge in [0.2, 0.25) is 0 Å². The van der Waals surface area contributed by atoms with Gasteiger partial charge in [-0.15, -0.1) is 0 Å². The molecule has 1 aromatic rings. The molecule has 1 rings (SSSR count). The van der Waals surface area contributed by atoms with E-state index in [0.717, 1.165) is 0 Å². The van der Waals surface area contributed by atoms with E-state index in [2.05, 4.69) is 51.1 Å². The third-order valence-corrected chi connectivity index (χ3v) is 17.4. The zero-order chi connectivity index (χ0) is 18.2. The van der Waals surface area contributed by atoms with Crippen molar-refractivity contribution in [3.63, 3.8) is 0 Å². The van der Waals surface area contributed by atoms with Crippen molar-refractivity contribution in [3.05, 3.63) is 30.3 Å². The maximum absolute atomic E-state index is 2.50. The third kappa shape index (κ3) is 9.32. The second-order valence-corrected chi connectivity index (χ2v) is 17.8. The van der Waals surface area contributed by atoms with Gasteiger partial charge in [-0.3, -0.25) is 0 Å². The Hall–Kier alpha value is -0.222. The molecule has 0 aromatic heterocycles. The van der Waals surface area contributed by atoms with Crippen LogP contribution in [0.25, 0.3) is 0 Å². The van der Waals surface area contributed by atoms with Crippen molar-refractivity contribution in [2.45, 2.75) is 113 Å². The van der Waals surface area contributed by atoms with Crippen LogP contribution in [0.5, 0.6) is 0 Å². The van der Waals surface area contributed by atoms with Crippen LogP contribution in [0.4, 0.5) is 0 Å². The van der Waals surface area contributed by atoms with Crippen LogP contribution in [0, 0.1) is 0 Å². The molecule has 0 aliphatic carbocycles. The van der Waals surface area contributed by atoms with Crippen LogP contribution in [-0.4, -0.2) is 13.6 Å². The van der Waals surface area contributed by atoms with Gasteiger partial charge in [-0.05, 0) is 0 Å². The van der Waals surface area contributed by atoms with E-state index in [-0.39, 0.29) is 0 Å². The van der Waals surface area contributed by atoms with E-state index in [1.54, 1.807) is 15.6 Å². The molecule has 0 nitrogen and oxygen atoms in total. The molecule has 25 heavy (non-hydrogen) atoms. The Morgan fingerprint density at radius 1 is 0.520 bits per heavy atom. The quantitative estimate of drug-likeness (QED) is 0.193. The summed E-state index contributed by atoms with van der Waals surface area (Å²) in [7, 11) is 0.